The van der Waals surface area contributed by atoms with Gasteiger partial charge in [0.15, 0.2) is 5.69 Å². The van der Waals surface area contributed by atoms with Crippen molar-refractivity contribution < 1.29 is 9.90 Å². The standard InChI is InChI=1S/C8H11ClN2O2/c1-3-5-6(9)7(8(12)13)11(4-2)10-5/h3-4H2,1-2H3,(H,12,13). The lowest BCUT2D eigenvalue weighted by Gasteiger charge is -1.97. The minimum atomic E-state index is -1.03. The Morgan fingerprint density at radius 2 is 2.23 bits per heavy atom. The third kappa shape index (κ3) is 1.67. The van der Waals surface area contributed by atoms with E-state index in [1.807, 2.05) is 13.8 Å². The molecule has 0 fully saturated rings. The number of nitrogens with zero attached hydrogens (tertiary/aromatic N) is 2. The minimum Gasteiger partial charge on any atom is -0.476 e. The van der Waals surface area contributed by atoms with Crippen LogP contribution in [0.1, 0.15) is 30.0 Å². The molecule has 1 rings (SSSR count). The Morgan fingerprint density at radius 3 is 2.54 bits per heavy atom. The highest BCUT2D eigenvalue weighted by molar-refractivity contribution is 6.33. The van der Waals surface area contributed by atoms with Crippen molar-refractivity contribution in [2.24, 2.45) is 0 Å². The van der Waals surface area contributed by atoms with E-state index < -0.39 is 5.97 Å². The van der Waals surface area contributed by atoms with Crippen LogP contribution in [0.15, 0.2) is 0 Å². The Labute approximate surface area is 81.1 Å². The van der Waals surface area contributed by atoms with E-state index in [0.717, 1.165) is 0 Å². The monoisotopic (exact) mass is 202 g/mol. The van der Waals surface area contributed by atoms with Crippen molar-refractivity contribution in [3.63, 3.8) is 0 Å². The average molecular weight is 203 g/mol. The fraction of sp³-hybridized carbons (Fsp3) is 0.500. The first-order valence-corrected chi connectivity index (χ1v) is 4.48. The topological polar surface area (TPSA) is 55.1 Å². The van der Waals surface area contributed by atoms with Gasteiger partial charge in [-0.05, 0) is 13.3 Å². The fourth-order valence-corrected chi connectivity index (χ4v) is 1.50. The van der Waals surface area contributed by atoms with Crippen molar-refractivity contribution in [1.29, 1.82) is 0 Å². The molecule has 0 radical (unpaired) electrons. The summed E-state index contributed by atoms with van der Waals surface area (Å²) in [6, 6.07) is 0. The SMILES string of the molecule is CCc1nn(CC)c(C(=O)O)c1Cl. The van der Waals surface area contributed by atoms with E-state index in [4.69, 9.17) is 16.7 Å². The average Bonchev–Trinajstić information content (AvgIpc) is 2.41. The van der Waals surface area contributed by atoms with Gasteiger partial charge in [-0.1, -0.05) is 18.5 Å². The van der Waals surface area contributed by atoms with Crippen LogP contribution in [0.2, 0.25) is 5.02 Å². The Bertz CT molecular complexity index is 333. The molecule has 0 atom stereocenters. The van der Waals surface area contributed by atoms with Gasteiger partial charge in [-0.15, -0.1) is 0 Å². The van der Waals surface area contributed by atoms with Gasteiger partial charge in [-0.3, -0.25) is 4.68 Å². The van der Waals surface area contributed by atoms with E-state index in [0.29, 0.717) is 18.7 Å². The van der Waals surface area contributed by atoms with Crippen molar-refractivity contribution in [2.75, 3.05) is 0 Å². The lowest BCUT2D eigenvalue weighted by Crippen LogP contribution is -2.08. The van der Waals surface area contributed by atoms with Crippen LogP contribution in [0.3, 0.4) is 0 Å². The lowest BCUT2D eigenvalue weighted by molar-refractivity contribution is 0.0683. The Kier molecular flexibility index (Phi) is 2.93. The molecule has 0 spiro atoms. The van der Waals surface area contributed by atoms with Gasteiger partial charge in [0.05, 0.1) is 10.7 Å². The second-order valence-electron chi connectivity index (χ2n) is 2.58. The summed E-state index contributed by atoms with van der Waals surface area (Å²) in [6.07, 6.45) is 0.645. The van der Waals surface area contributed by atoms with E-state index >= 15 is 0 Å². The van der Waals surface area contributed by atoms with Crippen LogP contribution < -0.4 is 0 Å². The molecule has 0 bridgehead atoms. The molecule has 4 nitrogen and oxygen atoms in total. The van der Waals surface area contributed by atoms with Crippen LogP contribution in [0.25, 0.3) is 0 Å². The summed E-state index contributed by atoms with van der Waals surface area (Å²) in [5.74, 6) is -1.03. The van der Waals surface area contributed by atoms with Crippen molar-refractivity contribution >= 4 is 17.6 Å². The molecular formula is C8H11ClN2O2. The summed E-state index contributed by atoms with van der Waals surface area (Å²) in [4.78, 5) is 10.8. The normalized spacial score (nSPS) is 10.4. The Morgan fingerprint density at radius 1 is 1.62 bits per heavy atom. The zero-order chi connectivity index (χ0) is 10.0. The highest BCUT2D eigenvalue weighted by atomic mass is 35.5. The number of carboxylic acids is 1. The number of aromatic nitrogens is 2. The molecule has 0 amide bonds. The quantitative estimate of drug-likeness (QED) is 0.814. The van der Waals surface area contributed by atoms with E-state index in [9.17, 15) is 4.79 Å². The maximum Gasteiger partial charge on any atom is 0.355 e. The van der Waals surface area contributed by atoms with Gasteiger partial charge in [0, 0.05) is 6.54 Å². The number of halogens is 1. The molecule has 1 aromatic rings. The second-order valence-corrected chi connectivity index (χ2v) is 2.96. The van der Waals surface area contributed by atoms with Gasteiger partial charge in [0.25, 0.3) is 0 Å². The number of aromatic carboxylic acids is 1. The minimum absolute atomic E-state index is 0.0843. The largest absolute Gasteiger partial charge is 0.476 e. The van der Waals surface area contributed by atoms with Crippen molar-refractivity contribution in [3.05, 3.63) is 16.4 Å². The van der Waals surface area contributed by atoms with Crippen molar-refractivity contribution in [2.45, 2.75) is 26.8 Å². The first-order chi connectivity index (χ1) is 6.11. The molecule has 72 valence electrons. The van der Waals surface area contributed by atoms with Crippen molar-refractivity contribution in [1.82, 2.24) is 9.78 Å². The smallest absolute Gasteiger partial charge is 0.355 e. The summed E-state index contributed by atoms with van der Waals surface area (Å²) < 4.78 is 1.41. The molecule has 0 saturated carbocycles. The number of rotatable bonds is 3. The van der Waals surface area contributed by atoms with Gasteiger partial charge in [-0.2, -0.15) is 5.10 Å². The van der Waals surface area contributed by atoms with Crippen LogP contribution in [-0.2, 0) is 13.0 Å². The van der Waals surface area contributed by atoms with Gasteiger partial charge in [0.2, 0.25) is 0 Å². The van der Waals surface area contributed by atoms with Crippen LogP contribution >= 0.6 is 11.6 Å². The highest BCUT2D eigenvalue weighted by Crippen LogP contribution is 2.21. The van der Waals surface area contributed by atoms with Crippen LogP contribution in [0.5, 0.6) is 0 Å². The first kappa shape index (κ1) is 10.1. The highest BCUT2D eigenvalue weighted by Gasteiger charge is 2.19. The van der Waals surface area contributed by atoms with Crippen LogP contribution in [0.4, 0.5) is 0 Å². The third-order valence-electron chi connectivity index (χ3n) is 1.80. The van der Waals surface area contributed by atoms with Gasteiger partial charge < -0.3 is 5.11 Å². The second kappa shape index (κ2) is 3.79. The maximum atomic E-state index is 10.8. The molecular weight excluding hydrogens is 192 g/mol. The molecule has 0 saturated heterocycles. The summed E-state index contributed by atoms with van der Waals surface area (Å²) >= 11 is 5.84. The molecule has 1 aromatic heterocycles. The van der Waals surface area contributed by atoms with E-state index in [-0.39, 0.29) is 10.7 Å². The number of hydrogen-bond acceptors (Lipinski definition) is 2. The zero-order valence-corrected chi connectivity index (χ0v) is 8.30. The Hall–Kier alpha value is -1.03. The molecule has 5 heteroatoms. The van der Waals surface area contributed by atoms with Crippen molar-refractivity contribution in [3.8, 4) is 0 Å². The van der Waals surface area contributed by atoms with Gasteiger partial charge in [-0.25, -0.2) is 4.79 Å². The van der Waals surface area contributed by atoms with Gasteiger partial charge in [0.1, 0.15) is 0 Å². The predicted molar refractivity (Wildman–Crippen MR) is 49.2 cm³/mol. The summed E-state index contributed by atoms with van der Waals surface area (Å²) in [5.41, 5.74) is 0.724. The fourth-order valence-electron chi connectivity index (χ4n) is 1.15. The number of aryl methyl sites for hydroxylation is 2. The molecule has 0 aromatic carbocycles. The molecule has 13 heavy (non-hydrogen) atoms. The zero-order valence-electron chi connectivity index (χ0n) is 7.54. The van der Waals surface area contributed by atoms with E-state index in [1.54, 1.807) is 0 Å². The summed E-state index contributed by atoms with van der Waals surface area (Å²) in [7, 11) is 0. The molecule has 1 N–H and O–H groups in total. The number of carbonyl (C=O) groups is 1. The maximum absolute atomic E-state index is 10.8. The van der Waals surface area contributed by atoms with Crippen LogP contribution in [-0.4, -0.2) is 20.9 Å². The third-order valence-corrected chi connectivity index (χ3v) is 2.19. The first-order valence-electron chi connectivity index (χ1n) is 4.10. The predicted octanol–water partition coefficient (Wildman–Crippen LogP) is 1.82. The van der Waals surface area contributed by atoms with Gasteiger partial charge >= 0.3 is 5.97 Å². The molecule has 0 aliphatic rings. The Balaban J connectivity index is 3.28. The number of hydrogen-bond donors (Lipinski definition) is 1. The lowest BCUT2D eigenvalue weighted by atomic mass is 10.3. The molecule has 1 heterocycles. The summed E-state index contributed by atoms with van der Waals surface area (Å²) in [6.45, 7) is 4.23. The summed E-state index contributed by atoms with van der Waals surface area (Å²) in [5, 5.41) is 13.2. The molecule has 0 unspecified atom stereocenters. The molecule has 0 aliphatic carbocycles. The van der Waals surface area contributed by atoms with E-state index in [2.05, 4.69) is 5.10 Å². The number of carboxylic acid groups (broad SMARTS) is 1. The molecule has 0 aliphatic heterocycles. The van der Waals surface area contributed by atoms with Crippen LogP contribution in [0, 0.1) is 0 Å². The van der Waals surface area contributed by atoms with E-state index in [1.165, 1.54) is 4.68 Å².